The topological polar surface area (TPSA) is 56.8 Å². The van der Waals surface area contributed by atoms with Crippen LogP contribution in [0.3, 0.4) is 0 Å². The van der Waals surface area contributed by atoms with Crippen LogP contribution in [0.1, 0.15) is 17.1 Å². The first-order valence-corrected chi connectivity index (χ1v) is 7.91. The summed E-state index contributed by atoms with van der Waals surface area (Å²) in [5, 5.41) is 6.65. The third-order valence-electron chi connectivity index (χ3n) is 3.89. The second-order valence-corrected chi connectivity index (χ2v) is 5.68. The van der Waals surface area contributed by atoms with Gasteiger partial charge in [-0.1, -0.05) is 30.3 Å². The van der Waals surface area contributed by atoms with Crippen molar-refractivity contribution in [3.8, 4) is 0 Å². The summed E-state index contributed by atoms with van der Waals surface area (Å²) in [6, 6.07) is 10.6. The van der Waals surface area contributed by atoms with E-state index in [1.54, 1.807) is 13.3 Å². The number of hydrogen-bond acceptors (Lipinski definition) is 5. The smallest absolute Gasteiger partial charge is 0.132 e. The van der Waals surface area contributed by atoms with Crippen LogP contribution in [0.4, 0.5) is 0 Å². The van der Waals surface area contributed by atoms with E-state index >= 15 is 0 Å². The van der Waals surface area contributed by atoms with Gasteiger partial charge in [-0.25, -0.2) is 4.98 Å². The maximum absolute atomic E-state index is 5.04. The number of hydrazone groups is 1. The largest absolute Gasteiger partial charge is 0.377 e. The molecule has 0 amide bonds. The Balaban J connectivity index is 1.46. The van der Waals surface area contributed by atoms with Gasteiger partial charge in [-0.15, -0.1) is 0 Å². The Labute approximate surface area is 136 Å². The molecule has 0 bridgehead atoms. The van der Waals surface area contributed by atoms with Crippen molar-refractivity contribution in [3.05, 3.63) is 53.6 Å². The molecule has 2 aromatic rings. The summed E-state index contributed by atoms with van der Waals surface area (Å²) in [5.74, 6) is 0.821. The van der Waals surface area contributed by atoms with Gasteiger partial charge in [-0.05, 0) is 5.56 Å². The molecule has 1 aromatic heterocycles. The van der Waals surface area contributed by atoms with Crippen molar-refractivity contribution < 1.29 is 4.74 Å². The number of rotatable bonds is 6. The van der Waals surface area contributed by atoms with Gasteiger partial charge >= 0.3 is 0 Å². The first kappa shape index (κ1) is 15.7. The maximum atomic E-state index is 5.04. The highest BCUT2D eigenvalue weighted by atomic mass is 16.5. The third-order valence-corrected chi connectivity index (χ3v) is 3.89. The van der Waals surface area contributed by atoms with Crippen LogP contribution in [0.25, 0.3) is 0 Å². The quantitative estimate of drug-likeness (QED) is 0.825. The van der Waals surface area contributed by atoms with Crippen LogP contribution in [-0.2, 0) is 17.9 Å². The standard InChI is InChI=1S/C17H23N5O/c1-23-14-17-18-11-16(20-17)12-19-22-9-7-21(8-10-22)13-15-5-3-2-4-6-15/h2-6,11-12H,7-10,13-14H2,1H3,(H,18,20)/b19-12+. The molecule has 0 unspecified atom stereocenters. The molecule has 1 fully saturated rings. The Hall–Kier alpha value is -2.18. The number of aromatic nitrogens is 2. The second-order valence-electron chi connectivity index (χ2n) is 5.68. The fourth-order valence-corrected chi connectivity index (χ4v) is 2.65. The molecule has 122 valence electrons. The molecule has 2 heterocycles. The van der Waals surface area contributed by atoms with Crippen LogP contribution >= 0.6 is 0 Å². The summed E-state index contributed by atoms with van der Waals surface area (Å²) < 4.78 is 5.04. The maximum Gasteiger partial charge on any atom is 0.132 e. The number of nitrogens with zero attached hydrogens (tertiary/aromatic N) is 4. The summed E-state index contributed by atoms with van der Waals surface area (Å²) in [6.07, 6.45) is 3.61. The molecule has 6 nitrogen and oxygen atoms in total. The number of ether oxygens (including phenoxy) is 1. The lowest BCUT2D eigenvalue weighted by atomic mass is 10.2. The molecule has 6 heteroatoms. The van der Waals surface area contributed by atoms with Crippen LogP contribution in [-0.4, -0.2) is 59.4 Å². The number of nitrogens with one attached hydrogen (secondary N) is 1. The Morgan fingerprint density at radius 1 is 1.22 bits per heavy atom. The number of piperazine rings is 1. The van der Waals surface area contributed by atoms with Gasteiger partial charge in [0.15, 0.2) is 0 Å². The van der Waals surface area contributed by atoms with E-state index in [0.717, 1.165) is 44.2 Å². The normalized spacial score (nSPS) is 16.3. The van der Waals surface area contributed by atoms with E-state index in [1.165, 1.54) is 5.56 Å². The summed E-state index contributed by atoms with van der Waals surface area (Å²) in [7, 11) is 1.66. The van der Waals surface area contributed by atoms with Crippen molar-refractivity contribution in [1.82, 2.24) is 19.9 Å². The van der Waals surface area contributed by atoms with Gasteiger partial charge in [0, 0.05) is 39.8 Å². The number of benzene rings is 1. The number of hydrogen-bond donors (Lipinski definition) is 1. The highest BCUT2D eigenvalue weighted by Gasteiger charge is 2.15. The lowest BCUT2D eigenvalue weighted by molar-refractivity contribution is 0.131. The SMILES string of the molecule is COCc1ncc(/C=N/N2CCN(Cc3ccccc3)CC2)[nH]1. The van der Waals surface area contributed by atoms with Crippen molar-refractivity contribution in [2.24, 2.45) is 5.10 Å². The van der Waals surface area contributed by atoms with E-state index in [-0.39, 0.29) is 0 Å². The van der Waals surface area contributed by atoms with E-state index in [9.17, 15) is 0 Å². The van der Waals surface area contributed by atoms with Crippen LogP contribution in [0.15, 0.2) is 41.6 Å². The van der Waals surface area contributed by atoms with Gasteiger partial charge < -0.3 is 9.72 Å². The lowest BCUT2D eigenvalue weighted by Crippen LogP contribution is -2.43. The zero-order chi connectivity index (χ0) is 15.9. The molecule has 3 rings (SSSR count). The van der Waals surface area contributed by atoms with E-state index in [0.29, 0.717) is 6.61 Å². The molecular formula is C17H23N5O. The van der Waals surface area contributed by atoms with Crippen molar-refractivity contribution in [2.75, 3.05) is 33.3 Å². The van der Waals surface area contributed by atoms with Crippen LogP contribution in [0.2, 0.25) is 0 Å². The summed E-state index contributed by atoms with van der Waals surface area (Å²) in [5.41, 5.74) is 2.27. The van der Waals surface area contributed by atoms with Gasteiger partial charge in [0.05, 0.1) is 18.1 Å². The Morgan fingerprint density at radius 2 is 2.00 bits per heavy atom. The zero-order valence-electron chi connectivity index (χ0n) is 13.5. The van der Waals surface area contributed by atoms with Crippen LogP contribution < -0.4 is 0 Å². The number of H-pyrrole nitrogens is 1. The Morgan fingerprint density at radius 3 is 2.74 bits per heavy atom. The van der Waals surface area contributed by atoms with Gasteiger partial charge in [0.1, 0.15) is 12.4 Å². The van der Waals surface area contributed by atoms with Gasteiger partial charge in [0.25, 0.3) is 0 Å². The average molecular weight is 313 g/mol. The number of methoxy groups -OCH3 is 1. The molecule has 0 radical (unpaired) electrons. The summed E-state index contributed by atoms with van der Waals surface area (Å²) in [6.45, 7) is 5.46. The fraction of sp³-hybridized carbons (Fsp3) is 0.412. The van der Waals surface area contributed by atoms with Gasteiger partial charge in [0.2, 0.25) is 0 Å². The van der Waals surface area contributed by atoms with Crippen molar-refractivity contribution >= 4 is 6.21 Å². The molecule has 1 aliphatic rings. The van der Waals surface area contributed by atoms with Crippen LogP contribution in [0, 0.1) is 0 Å². The van der Waals surface area contributed by atoms with Crippen LogP contribution in [0.5, 0.6) is 0 Å². The molecule has 0 aliphatic carbocycles. The van der Waals surface area contributed by atoms with E-state index in [1.807, 2.05) is 6.21 Å². The Bertz CT molecular complexity index is 617. The molecule has 1 aliphatic heterocycles. The fourth-order valence-electron chi connectivity index (χ4n) is 2.65. The van der Waals surface area contributed by atoms with E-state index in [2.05, 4.69) is 55.3 Å². The number of aromatic amines is 1. The minimum atomic E-state index is 0.492. The Kier molecular flexibility index (Phi) is 5.39. The highest BCUT2D eigenvalue weighted by molar-refractivity contribution is 5.76. The monoisotopic (exact) mass is 313 g/mol. The van der Waals surface area contributed by atoms with Crippen molar-refractivity contribution in [1.29, 1.82) is 0 Å². The molecular weight excluding hydrogens is 290 g/mol. The van der Waals surface area contributed by atoms with Gasteiger partial charge in [-0.2, -0.15) is 5.10 Å². The predicted molar refractivity (Wildman–Crippen MR) is 90.2 cm³/mol. The lowest BCUT2D eigenvalue weighted by Gasteiger charge is -2.32. The average Bonchev–Trinajstić information content (AvgIpc) is 3.03. The minimum absolute atomic E-state index is 0.492. The first-order valence-electron chi connectivity index (χ1n) is 7.91. The highest BCUT2D eigenvalue weighted by Crippen LogP contribution is 2.08. The molecule has 1 aromatic carbocycles. The molecule has 0 saturated carbocycles. The van der Waals surface area contributed by atoms with Crippen molar-refractivity contribution in [3.63, 3.8) is 0 Å². The van der Waals surface area contributed by atoms with Crippen molar-refractivity contribution in [2.45, 2.75) is 13.2 Å². The molecule has 23 heavy (non-hydrogen) atoms. The minimum Gasteiger partial charge on any atom is -0.377 e. The molecule has 1 N–H and O–H groups in total. The third kappa shape index (κ3) is 4.64. The molecule has 1 saturated heterocycles. The summed E-state index contributed by atoms with van der Waals surface area (Å²) in [4.78, 5) is 9.87. The first-order chi connectivity index (χ1) is 11.3. The second kappa shape index (κ2) is 7.89. The van der Waals surface area contributed by atoms with E-state index in [4.69, 9.17) is 4.74 Å². The zero-order valence-corrected chi connectivity index (χ0v) is 13.5. The number of imidazole rings is 1. The molecule has 0 atom stereocenters. The predicted octanol–water partition coefficient (Wildman–Crippen LogP) is 1.71. The van der Waals surface area contributed by atoms with Gasteiger partial charge in [-0.3, -0.25) is 9.91 Å². The van der Waals surface area contributed by atoms with E-state index < -0.39 is 0 Å². The molecule has 0 spiro atoms. The summed E-state index contributed by atoms with van der Waals surface area (Å²) >= 11 is 0.